The Hall–Kier alpha value is 0.0200. The van der Waals surface area contributed by atoms with E-state index in [4.69, 9.17) is 0 Å². The molecule has 1 nitrogen and oxygen atoms in total. The predicted molar refractivity (Wildman–Crippen MR) is 47.8 cm³/mol. The first-order valence-corrected chi connectivity index (χ1v) is 5.57. The predicted octanol–water partition coefficient (Wildman–Crippen LogP) is 2.11. The van der Waals surface area contributed by atoms with Gasteiger partial charge in [0, 0.05) is 5.41 Å². The lowest BCUT2D eigenvalue weighted by Crippen LogP contribution is -2.30. The topological polar surface area (TPSA) is 17.1 Å². The summed E-state index contributed by atoms with van der Waals surface area (Å²) in [6.07, 6.45) is 6.16. The third-order valence-electron chi connectivity index (χ3n) is 3.05. The third kappa shape index (κ3) is 1.33. The largest absolute Gasteiger partial charge is 0.303 e. The molecule has 2 fully saturated rings. The normalized spacial score (nSPS) is 29.8. The average Bonchev–Trinajstić information content (AvgIpc) is 2.88. The van der Waals surface area contributed by atoms with Crippen LogP contribution in [0.25, 0.3) is 0 Å². The summed E-state index contributed by atoms with van der Waals surface area (Å²) >= 11 is 2.00. The molecule has 2 rings (SSSR count). The van der Waals surface area contributed by atoms with Gasteiger partial charge in [-0.3, -0.25) is 0 Å². The van der Waals surface area contributed by atoms with Crippen molar-refractivity contribution in [2.24, 2.45) is 11.3 Å². The van der Waals surface area contributed by atoms with Crippen molar-refractivity contribution in [3.63, 3.8) is 0 Å². The molecular formula is C9H14OS. The van der Waals surface area contributed by atoms with E-state index in [0.717, 1.165) is 18.8 Å². The zero-order chi connectivity index (χ0) is 7.73. The van der Waals surface area contributed by atoms with Crippen LogP contribution < -0.4 is 0 Å². The fourth-order valence-electron chi connectivity index (χ4n) is 2.03. The van der Waals surface area contributed by atoms with Crippen molar-refractivity contribution in [3.05, 3.63) is 0 Å². The summed E-state index contributed by atoms with van der Waals surface area (Å²) in [5.74, 6) is 3.17. The molecule has 0 aromatic rings. The van der Waals surface area contributed by atoms with E-state index in [0.29, 0.717) is 0 Å². The van der Waals surface area contributed by atoms with Crippen LogP contribution in [0.3, 0.4) is 0 Å². The molecule has 0 amide bonds. The molecule has 0 bridgehead atoms. The maximum Gasteiger partial charge on any atom is 0.126 e. The molecular weight excluding hydrogens is 156 g/mol. The molecule has 0 unspecified atom stereocenters. The van der Waals surface area contributed by atoms with Crippen LogP contribution in [0.15, 0.2) is 0 Å². The van der Waals surface area contributed by atoms with Crippen molar-refractivity contribution in [2.75, 3.05) is 11.5 Å². The highest BCUT2D eigenvalue weighted by molar-refractivity contribution is 7.99. The molecule has 11 heavy (non-hydrogen) atoms. The Morgan fingerprint density at radius 1 is 1.27 bits per heavy atom. The van der Waals surface area contributed by atoms with E-state index in [2.05, 4.69) is 0 Å². The summed E-state index contributed by atoms with van der Waals surface area (Å²) < 4.78 is 0. The van der Waals surface area contributed by atoms with Crippen molar-refractivity contribution in [2.45, 2.75) is 25.7 Å². The molecule has 0 spiro atoms. The number of aldehydes is 1. The van der Waals surface area contributed by atoms with Gasteiger partial charge in [0.05, 0.1) is 0 Å². The van der Waals surface area contributed by atoms with Crippen molar-refractivity contribution in [1.82, 2.24) is 0 Å². The number of carbonyl (C=O) groups excluding carboxylic acids is 1. The van der Waals surface area contributed by atoms with Crippen molar-refractivity contribution in [1.29, 1.82) is 0 Å². The maximum atomic E-state index is 11.0. The van der Waals surface area contributed by atoms with Crippen LogP contribution in [0.4, 0.5) is 0 Å². The minimum absolute atomic E-state index is 0.130. The number of hydrogen-bond acceptors (Lipinski definition) is 2. The summed E-state index contributed by atoms with van der Waals surface area (Å²) in [6, 6.07) is 0. The van der Waals surface area contributed by atoms with Gasteiger partial charge in [-0.15, -0.1) is 0 Å². The zero-order valence-electron chi connectivity index (χ0n) is 6.71. The summed E-state index contributed by atoms with van der Waals surface area (Å²) in [5, 5.41) is 0. The Morgan fingerprint density at radius 2 is 1.91 bits per heavy atom. The van der Waals surface area contributed by atoms with Gasteiger partial charge in [-0.2, -0.15) is 11.8 Å². The van der Waals surface area contributed by atoms with Gasteiger partial charge < -0.3 is 4.79 Å². The monoisotopic (exact) mass is 170 g/mol. The van der Waals surface area contributed by atoms with Gasteiger partial charge in [0.2, 0.25) is 0 Å². The van der Waals surface area contributed by atoms with E-state index in [9.17, 15) is 4.79 Å². The molecule has 2 heteroatoms. The SMILES string of the molecule is O=CC1(C2CC2)CCSCC1. The summed E-state index contributed by atoms with van der Waals surface area (Å²) in [6.45, 7) is 0. The Bertz CT molecular complexity index is 157. The van der Waals surface area contributed by atoms with Crippen LogP contribution in [-0.2, 0) is 4.79 Å². The summed E-state index contributed by atoms with van der Waals surface area (Å²) in [7, 11) is 0. The second-order valence-corrected chi connectivity index (χ2v) is 4.96. The molecule has 62 valence electrons. The smallest absolute Gasteiger partial charge is 0.126 e. The first-order valence-electron chi connectivity index (χ1n) is 4.41. The number of rotatable bonds is 2. The van der Waals surface area contributed by atoms with Crippen LogP contribution in [0.2, 0.25) is 0 Å². The van der Waals surface area contributed by atoms with Crippen molar-refractivity contribution in [3.8, 4) is 0 Å². The number of carbonyl (C=O) groups is 1. The fraction of sp³-hybridized carbons (Fsp3) is 0.889. The molecule has 0 aromatic carbocycles. The highest BCUT2D eigenvalue weighted by Gasteiger charge is 2.45. The highest BCUT2D eigenvalue weighted by Crippen LogP contribution is 2.51. The van der Waals surface area contributed by atoms with Gasteiger partial charge in [-0.1, -0.05) is 0 Å². The second-order valence-electron chi connectivity index (χ2n) is 3.74. The molecule has 1 saturated carbocycles. The second kappa shape index (κ2) is 2.81. The Labute approximate surface area is 71.9 Å². The quantitative estimate of drug-likeness (QED) is 0.590. The van der Waals surface area contributed by atoms with Gasteiger partial charge in [-0.05, 0) is 43.1 Å². The standard InChI is InChI=1S/C9H14OS/c10-7-9(8-1-2-8)3-5-11-6-4-9/h7-8H,1-6H2. The van der Waals surface area contributed by atoms with Gasteiger partial charge in [0.1, 0.15) is 6.29 Å². The van der Waals surface area contributed by atoms with Crippen molar-refractivity contribution < 1.29 is 4.79 Å². The molecule has 0 atom stereocenters. The van der Waals surface area contributed by atoms with Crippen LogP contribution >= 0.6 is 11.8 Å². The minimum Gasteiger partial charge on any atom is -0.303 e. The summed E-state index contributed by atoms with van der Waals surface area (Å²) in [4.78, 5) is 11.0. The van der Waals surface area contributed by atoms with Gasteiger partial charge >= 0.3 is 0 Å². The Balaban J connectivity index is 2.06. The molecule has 1 aliphatic heterocycles. The van der Waals surface area contributed by atoms with E-state index < -0.39 is 0 Å². The molecule has 1 heterocycles. The first kappa shape index (κ1) is 7.66. The van der Waals surface area contributed by atoms with E-state index in [1.165, 1.54) is 30.6 Å². The minimum atomic E-state index is 0.130. The molecule has 0 aromatic heterocycles. The van der Waals surface area contributed by atoms with Crippen LogP contribution in [0, 0.1) is 11.3 Å². The molecule has 1 aliphatic carbocycles. The highest BCUT2D eigenvalue weighted by atomic mass is 32.2. The van der Waals surface area contributed by atoms with Crippen LogP contribution in [-0.4, -0.2) is 17.8 Å². The van der Waals surface area contributed by atoms with E-state index >= 15 is 0 Å². The van der Waals surface area contributed by atoms with Gasteiger partial charge in [-0.25, -0.2) is 0 Å². The Morgan fingerprint density at radius 3 is 2.36 bits per heavy atom. The van der Waals surface area contributed by atoms with E-state index in [1.807, 2.05) is 11.8 Å². The van der Waals surface area contributed by atoms with E-state index in [1.54, 1.807) is 0 Å². The van der Waals surface area contributed by atoms with E-state index in [-0.39, 0.29) is 5.41 Å². The lowest BCUT2D eigenvalue weighted by atomic mass is 9.79. The number of thioether (sulfide) groups is 1. The lowest BCUT2D eigenvalue weighted by Gasteiger charge is -2.31. The van der Waals surface area contributed by atoms with Gasteiger partial charge in [0.25, 0.3) is 0 Å². The molecule has 2 aliphatic rings. The molecule has 1 saturated heterocycles. The van der Waals surface area contributed by atoms with Crippen LogP contribution in [0.1, 0.15) is 25.7 Å². The Kier molecular flexibility index (Phi) is 1.96. The fourth-order valence-corrected chi connectivity index (χ4v) is 3.28. The van der Waals surface area contributed by atoms with Gasteiger partial charge in [0.15, 0.2) is 0 Å². The maximum absolute atomic E-state index is 11.0. The molecule has 0 N–H and O–H groups in total. The average molecular weight is 170 g/mol. The van der Waals surface area contributed by atoms with Crippen molar-refractivity contribution >= 4 is 18.0 Å². The molecule has 0 radical (unpaired) electrons. The first-order chi connectivity index (χ1) is 5.37. The lowest BCUT2D eigenvalue weighted by molar-refractivity contribution is -0.117. The number of hydrogen-bond donors (Lipinski definition) is 0. The summed E-state index contributed by atoms with van der Waals surface area (Å²) in [5.41, 5.74) is 0.130. The van der Waals surface area contributed by atoms with Crippen LogP contribution in [0.5, 0.6) is 0 Å². The zero-order valence-corrected chi connectivity index (χ0v) is 7.53. The third-order valence-corrected chi connectivity index (χ3v) is 4.03.